The van der Waals surface area contributed by atoms with Gasteiger partial charge in [0.15, 0.2) is 0 Å². The molecule has 0 fully saturated rings. The van der Waals surface area contributed by atoms with E-state index in [1.807, 2.05) is 32.2 Å². The number of nitrogens with one attached hydrogen (secondary N) is 2. The molecule has 18 heavy (non-hydrogen) atoms. The van der Waals surface area contributed by atoms with Crippen LogP contribution in [0.5, 0.6) is 0 Å². The van der Waals surface area contributed by atoms with Gasteiger partial charge >= 0.3 is 0 Å². The predicted octanol–water partition coefficient (Wildman–Crippen LogP) is 0.959. The molecule has 0 bridgehead atoms. The Labute approximate surface area is 106 Å². The van der Waals surface area contributed by atoms with E-state index in [1.165, 1.54) is 0 Å². The van der Waals surface area contributed by atoms with Crippen LogP contribution in [0.15, 0.2) is 24.5 Å². The number of hydrogen-bond donors (Lipinski definition) is 3. The fourth-order valence-corrected chi connectivity index (χ4v) is 1.80. The minimum atomic E-state index is -0.374. The van der Waals surface area contributed by atoms with Gasteiger partial charge in [-0.05, 0) is 31.5 Å². The molecule has 2 heterocycles. The highest BCUT2D eigenvalue weighted by atomic mass is 16.1. The number of carbonyl (C=O) groups excluding carboxylic acids is 1. The van der Waals surface area contributed by atoms with Crippen molar-refractivity contribution in [3.05, 3.63) is 30.1 Å². The zero-order chi connectivity index (χ0) is 13.2. The zero-order valence-corrected chi connectivity index (χ0v) is 10.7. The fourth-order valence-electron chi connectivity index (χ4n) is 1.80. The lowest BCUT2D eigenvalue weighted by Gasteiger charge is -2.24. The van der Waals surface area contributed by atoms with Crippen molar-refractivity contribution in [3.8, 4) is 0 Å². The summed E-state index contributed by atoms with van der Waals surface area (Å²) >= 11 is 0. The molecular formula is C13H18N4O. The van der Waals surface area contributed by atoms with E-state index in [1.54, 1.807) is 6.20 Å². The molecule has 4 N–H and O–H groups in total. The minimum absolute atomic E-state index is 0.0322. The molecule has 0 spiro atoms. The lowest BCUT2D eigenvalue weighted by Crippen LogP contribution is -2.49. The largest absolute Gasteiger partial charge is 0.350 e. The monoisotopic (exact) mass is 246 g/mol. The maximum absolute atomic E-state index is 11.9. The van der Waals surface area contributed by atoms with Crippen molar-refractivity contribution in [1.82, 2.24) is 15.3 Å². The van der Waals surface area contributed by atoms with Crippen molar-refractivity contribution in [1.29, 1.82) is 0 Å². The third kappa shape index (κ3) is 2.68. The lowest BCUT2D eigenvalue weighted by atomic mass is 10.1. The van der Waals surface area contributed by atoms with Crippen molar-refractivity contribution in [3.63, 3.8) is 0 Å². The van der Waals surface area contributed by atoms with E-state index in [2.05, 4.69) is 15.3 Å². The molecule has 0 saturated carbocycles. The number of nitrogens with zero attached hydrogens (tertiary/aromatic N) is 1. The number of H-pyrrole nitrogens is 1. The van der Waals surface area contributed by atoms with Crippen molar-refractivity contribution in [2.45, 2.75) is 25.8 Å². The Kier molecular flexibility index (Phi) is 3.34. The van der Waals surface area contributed by atoms with E-state index in [4.69, 9.17) is 5.73 Å². The molecule has 0 aliphatic heterocycles. The Bertz CT molecular complexity index is 559. The van der Waals surface area contributed by atoms with Gasteiger partial charge in [0.05, 0.1) is 6.42 Å². The number of hydrogen-bond acceptors (Lipinski definition) is 3. The van der Waals surface area contributed by atoms with Crippen LogP contribution in [0.4, 0.5) is 0 Å². The third-order valence-electron chi connectivity index (χ3n) is 2.88. The molecule has 96 valence electrons. The number of carbonyl (C=O) groups is 1. The fraction of sp³-hybridized carbons (Fsp3) is 0.385. The highest BCUT2D eigenvalue weighted by Crippen LogP contribution is 2.16. The summed E-state index contributed by atoms with van der Waals surface area (Å²) in [6.07, 6.45) is 3.88. The van der Waals surface area contributed by atoms with E-state index in [9.17, 15) is 4.79 Å². The van der Waals surface area contributed by atoms with Crippen molar-refractivity contribution in [2.24, 2.45) is 5.73 Å². The molecule has 1 amide bonds. The number of aromatic amines is 1. The van der Waals surface area contributed by atoms with Gasteiger partial charge in [-0.3, -0.25) is 4.79 Å². The second-order valence-corrected chi connectivity index (χ2v) is 5.03. The summed E-state index contributed by atoms with van der Waals surface area (Å²) in [5.41, 5.74) is 6.97. The quantitative estimate of drug-likeness (QED) is 0.751. The highest BCUT2D eigenvalue weighted by molar-refractivity contribution is 5.87. The lowest BCUT2D eigenvalue weighted by molar-refractivity contribution is -0.121. The molecule has 0 saturated heterocycles. The molecule has 0 radical (unpaired) electrons. The Morgan fingerprint density at radius 2 is 2.33 bits per heavy atom. The topological polar surface area (TPSA) is 83.8 Å². The normalized spacial score (nSPS) is 11.7. The zero-order valence-electron chi connectivity index (χ0n) is 10.7. The van der Waals surface area contributed by atoms with Crippen LogP contribution < -0.4 is 11.1 Å². The van der Waals surface area contributed by atoms with Gasteiger partial charge in [0.2, 0.25) is 5.91 Å². The summed E-state index contributed by atoms with van der Waals surface area (Å²) in [7, 11) is 0. The van der Waals surface area contributed by atoms with Crippen molar-refractivity contribution in [2.75, 3.05) is 6.54 Å². The second kappa shape index (κ2) is 4.78. The molecule has 5 heteroatoms. The van der Waals surface area contributed by atoms with Gasteiger partial charge in [-0.2, -0.15) is 0 Å². The first-order valence-electron chi connectivity index (χ1n) is 5.94. The van der Waals surface area contributed by atoms with Gasteiger partial charge in [0.1, 0.15) is 5.65 Å². The van der Waals surface area contributed by atoms with Crippen molar-refractivity contribution >= 4 is 16.9 Å². The van der Waals surface area contributed by atoms with Gasteiger partial charge in [-0.15, -0.1) is 0 Å². The minimum Gasteiger partial charge on any atom is -0.350 e. The summed E-state index contributed by atoms with van der Waals surface area (Å²) in [6.45, 7) is 4.22. The number of nitrogens with two attached hydrogens (primary N) is 1. The van der Waals surface area contributed by atoms with E-state index >= 15 is 0 Å². The highest BCUT2D eigenvalue weighted by Gasteiger charge is 2.19. The molecule has 0 aliphatic rings. The summed E-state index contributed by atoms with van der Waals surface area (Å²) in [6, 6.07) is 3.82. The van der Waals surface area contributed by atoms with Crippen molar-refractivity contribution < 1.29 is 4.79 Å². The predicted molar refractivity (Wildman–Crippen MR) is 71.1 cm³/mol. The van der Waals surface area contributed by atoms with Gasteiger partial charge in [-0.25, -0.2) is 4.98 Å². The van der Waals surface area contributed by atoms with Crippen LogP contribution in [0.1, 0.15) is 19.4 Å². The molecule has 2 rings (SSSR count). The second-order valence-electron chi connectivity index (χ2n) is 5.03. The first-order valence-corrected chi connectivity index (χ1v) is 5.94. The van der Waals surface area contributed by atoms with E-state index in [0.29, 0.717) is 13.0 Å². The molecular weight excluding hydrogens is 228 g/mol. The summed E-state index contributed by atoms with van der Waals surface area (Å²) in [5, 5.41) is 3.90. The van der Waals surface area contributed by atoms with E-state index in [-0.39, 0.29) is 11.4 Å². The average Bonchev–Trinajstić information content (AvgIpc) is 2.72. The van der Waals surface area contributed by atoms with Crippen LogP contribution in [-0.4, -0.2) is 28.0 Å². The van der Waals surface area contributed by atoms with Gasteiger partial charge in [0, 0.05) is 29.9 Å². The van der Waals surface area contributed by atoms with Crippen LogP contribution in [0.2, 0.25) is 0 Å². The molecule has 5 nitrogen and oxygen atoms in total. The Morgan fingerprint density at radius 1 is 1.56 bits per heavy atom. The van der Waals surface area contributed by atoms with Crippen LogP contribution in [0.3, 0.4) is 0 Å². The van der Waals surface area contributed by atoms with Crippen LogP contribution in [0, 0.1) is 0 Å². The summed E-state index contributed by atoms with van der Waals surface area (Å²) < 4.78 is 0. The molecule has 0 aromatic carbocycles. The molecule has 2 aromatic rings. The first kappa shape index (κ1) is 12.6. The van der Waals surface area contributed by atoms with Crippen LogP contribution in [-0.2, 0) is 11.2 Å². The van der Waals surface area contributed by atoms with E-state index in [0.717, 1.165) is 16.6 Å². The summed E-state index contributed by atoms with van der Waals surface area (Å²) in [5.74, 6) is -0.0322. The Morgan fingerprint density at radius 3 is 3.06 bits per heavy atom. The van der Waals surface area contributed by atoms with Gasteiger partial charge in [0.25, 0.3) is 0 Å². The van der Waals surface area contributed by atoms with E-state index < -0.39 is 0 Å². The summed E-state index contributed by atoms with van der Waals surface area (Å²) in [4.78, 5) is 19.2. The third-order valence-corrected chi connectivity index (χ3v) is 2.88. The molecule has 0 aliphatic carbocycles. The maximum Gasteiger partial charge on any atom is 0.224 e. The number of pyridine rings is 1. The van der Waals surface area contributed by atoms with Gasteiger partial charge in [-0.1, -0.05) is 0 Å². The molecule has 0 unspecified atom stereocenters. The molecule has 2 aromatic heterocycles. The molecule has 0 atom stereocenters. The maximum atomic E-state index is 11.9. The Hall–Kier alpha value is -1.88. The number of amides is 1. The van der Waals surface area contributed by atoms with Gasteiger partial charge < -0.3 is 16.0 Å². The standard InChI is InChI=1S/C13H18N4O/c1-13(2,8-14)17-11(18)6-9-7-16-12-10(9)4-3-5-15-12/h3-5,7H,6,8,14H2,1-2H3,(H,15,16)(H,17,18). The Balaban J connectivity index is 2.12. The van der Waals surface area contributed by atoms with Crippen LogP contribution in [0.25, 0.3) is 11.0 Å². The number of rotatable bonds is 4. The number of fused-ring (bicyclic) bond motifs is 1. The smallest absolute Gasteiger partial charge is 0.224 e. The van der Waals surface area contributed by atoms with Crippen LogP contribution >= 0.6 is 0 Å². The average molecular weight is 246 g/mol. The number of aromatic nitrogens is 2. The first-order chi connectivity index (χ1) is 8.52. The SMILES string of the molecule is CC(C)(CN)NC(=O)Cc1c[nH]c2ncccc12.